The molecule has 0 radical (unpaired) electrons. The maximum atomic E-state index is 13.3. The molecule has 0 bridgehead atoms. The molecule has 1 unspecified atom stereocenters. The SMILES string of the molecule is CCC1CCCCN1c1ncnc(Nc2ccccc2C(F)(F)F)c1[N+](=O)[O-]. The highest BCUT2D eigenvalue weighted by molar-refractivity contribution is 5.75. The third-order valence-corrected chi connectivity index (χ3v) is 4.84. The van der Waals surface area contributed by atoms with E-state index in [2.05, 4.69) is 15.3 Å². The molecule has 2 aromatic rings. The van der Waals surface area contributed by atoms with E-state index < -0.39 is 22.4 Å². The van der Waals surface area contributed by atoms with Crippen LogP contribution >= 0.6 is 0 Å². The molecule has 1 aliphatic heterocycles. The molecule has 0 amide bonds. The van der Waals surface area contributed by atoms with Crippen molar-refractivity contribution in [1.29, 1.82) is 0 Å². The zero-order valence-corrected chi connectivity index (χ0v) is 15.2. The Balaban J connectivity index is 2.05. The Labute approximate surface area is 159 Å². The normalized spacial score (nSPS) is 17.4. The minimum absolute atomic E-state index is 0.0951. The van der Waals surface area contributed by atoms with Gasteiger partial charge in [0.15, 0.2) is 0 Å². The van der Waals surface area contributed by atoms with Crippen LogP contribution in [-0.2, 0) is 6.18 Å². The minimum atomic E-state index is -4.60. The molecular weight excluding hydrogens is 375 g/mol. The second kappa shape index (κ2) is 7.99. The number of hydrogen-bond acceptors (Lipinski definition) is 6. The minimum Gasteiger partial charge on any atom is -0.348 e. The van der Waals surface area contributed by atoms with Gasteiger partial charge in [-0.05, 0) is 37.8 Å². The first-order valence-corrected chi connectivity index (χ1v) is 9.02. The van der Waals surface area contributed by atoms with Crippen LogP contribution in [0.2, 0.25) is 0 Å². The lowest BCUT2D eigenvalue weighted by atomic mass is 10.00. The summed E-state index contributed by atoms with van der Waals surface area (Å²) in [6, 6.07) is 4.90. The Morgan fingerprint density at radius 2 is 2.04 bits per heavy atom. The average molecular weight is 395 g/mol. The van der Waals surface area contributed by atoms with Gasteiger partial charge in [-0.25, -0.2) is 9.97 Å². The lowest BCUT2D eigenvalue weighted by Gasteiger charge is -2.35. The topological polar surface area (TPSA) is 84.2 Å². The molecule has 1 N–H and O–H groups in total. The van der Waals surface area contributed by atoms with Gasteiger partial charge >= 0.3 is 11.9 Å². The highest BCUT2D eigenvalue weighted by Gasteiger charge is 2.35. The number of benzene rings is 1. The molecule has 1 saturated heterocycles. The molecule has 0 saturated carbocycles. The van der Waals surface area contributed by atoms with Crippen molar-refractivity contribution in [3.05, 3.63) is 46.3 Å². The van der Waals surface area contributed by atoms with E-state index in [0.29, 0.717) is 6.54 Å². The molecule has 1 fully saturated rings. The fourth-order valence-electron chi connectivity index (χ4n) is 3.51. The molecule has 7 nitrogen and oxygen atoms in total. The van der Waals surface area contributed by atoms with Crippen molar-refractivity contribution in [1.82, 2.24) is 9.97 Å². The van der Waals surface area contributed by atoms with Crippen LogP contribution in [0.5, 0.6) is 0 Å². The number of nitrogens with one attached hydrogen (secondary N) is 1. The molecule has 10 heteroatoms. The molecule has 150 valence electrons. The number of halogens is 3. The summed E-state index contributed by atoms with van der Waals surface area (Å²) in [5, 5.41) is 14.3. The first-order valence-electron chi connectivity index (χ1n) is 9.02. The number of hydrogen-bond donors (Lipinski definition) is 1. The van der Waals surface area contributed by atoms with Gasteiger partial charge in [-0.3, -0.25) is 10.1 Å². The summed E-state index contributed by atoms with van der Waals surface area (Å²) < 4.78 is 39.8. The third-order valence-electron chi connectivity index (χ3n) is 4.84. The molecule has 1 aromatic carbocycles. The predicted molar refractivity (Wildman–Crippen MR) is 98.7 cm³/mol. The third kappa shape index (κ3) is 4.00. The van der Waals surface area contributed by atoms with Gasteiger partial charge in [-0.2, -0.15) is 13.2 Å². The largest absolute Gasteiger partial charge is 0.418 e. The van der Waals surface area contributed by atoms with Crippen molar-refractivity contribution in [3.63, 3.8) is 0 Å². The number of aromatic nitrogens is 2. The quantitative estimate of drug-likeness (QED) is 0.572. The Morgan fingerprint density at radius 1 is 1.29 bits per heavy atom. The Hall–Kier alpha value is -2.91. The molecule has 28 heavy (non-hydrogen) atoms. The second-order valence-corrected chi connectivity index (χ2v) is 6.57. The van der Waals surface area contributed by atoms with Crippen molar-refractivity contribution >= 4 is 23.0 Å². The van der Waals surface area contributed by atoms with Crippen molar-refractivity contribution in [2.24, 2.45) is 0 Å². The van der Waals surface area contributed by atoms with Crippen LogP contribution in [0.3, 0.4) is 0 Å². The maximum Gasteiger partial charge on any atom is 0.418 e. The average Bonchev–Trinajstić information content (AvgIpc) is 2.67. The van der Waals surface area contributed by atoms with Crippen LogP contribution in [0.1, 0.15) is 38.2 Å². The highest BCUT2D eigenvalue weighted by Crippen LogP contribution is 2.40. The molecule has 0 aliphatic carbocycles. The van der Waals surface area contributed by atoms with E-state index in [0.717, 1.165) is 38.1 Å². The van der Waals surface area contributed by atoms with E-state index in [-0.39, 0.29) is 23.4 Å². The van der Waals surface area contributed by atoms with Gasteiger partial charge in [0.2, 0.25) is 11.6 Å². The Morgan fingerprint density at radius 3 is 2.71 bits per heavy atom. The van der Waals surface area contributed by atoms with Gasteiger partial charge in [0.1, 0.15) is 6.33 Å². The molecule has 2 heterocycles. The second-order valence-electron chi connectivity index (χ2n) is 6.57. The lowest BCUT2D eigenvalue weighted by molar-refractivity contribution is -0.383. The van der Waals surface area contributed by atoms with Crippen LogP contribution in [-0.4, -0.2) is 27.5 Å². The fraction of sp³-hybridized carbons (Fsp3) is 0.444. The molecule has 1 aliphatic rings. The zero-order chi connectivity index (χ0) is 20.3. The molecule has 1 atom stereocenters. The number of piperidine rings is 1. The standard InChI is InChI=1S/C18H20F3N5O2/c1-2-12-7-5-6-10-25(12)17-15(26(27)28)16(22-11-23-17)24-14-9-4-3-8-13(14)18(19,20)21/h3-4,8-9,11-12H,2,5-7,10H2,1H3,(H,22,23,24). The summed E-state index contributed by atoms with van der Waals surface area (Å²) in [5.41, 5.74) is -1.64. The van der Waals surface area contributed by atoms with Gasteiger partial charge in [0, 0.05) is 12.6 Å². The molecule has 0 spiro atoms. The Bertz CT molecular complexity index is 859. The van der Waals surface area contributed by atoms with Crippen LogP contribution in [0.15, 0.2) is 30.6 Å². The Kier molecular flexibility index (Phi) is 5.66. The summed E-state index contributed by atoms with van der Waals surface area (Å²) in [6.07, 6.45) is 0.115. The first-order chi connectivity index (χ1) is 13.3. The van der Waals surface area contributed by atoms with Crippen molar-refractivity contribution < 1.29 is 18.1 Å². The maximum absolute atomic E-state index is 13.3. The van der Waals surface area contributed by atoms with E-state index in [1.165, 1.54) is 18.2 Å². The van der Waals surface area contributed by atoms with E-state index in [9.17, 15) is 23.3 Å². The van der Waals surface area contributed by atoms with Crippen LogP contribution in [0.25, 0.3) is 0 Å². The highest BCUT2D eigenvalue weighted by atomic mass is 19.4. The number of alkyl halides is 3. The van der Waals surface area contributed by atoms with Crippen molar-refractivity contribution in [3.8, 4) is 0 Å². The summed E-state index contributed by atoms with van der Waals surface area (Å²) in [6.45, 7) is 2.60. The van der Waals surface area contributed by atoms with Crippen LogP contribution in [0.4, 0.5) is 36.2 Å². The van der Waals surface area contributed by atoms with E-state index in [4.69, 9.17) is 0 Å². The number of para-hydroxylation sites is 1. The van der Waals surface area contributed by atoms with Crippen LogP contribution in [0, 0.1) is 10.1 Å². The number of nitrogens with zero attached hydrogens (tertiary/aromatic N) is 4. The van der Waals surface area contributed by atoms with E-state index in [1.54, 1.807) is 0 Å². The van der Waals surface area contributed by atoms with E-state index >= 15 is 0 Å². The van der Waals surface area contributed by atoms with Gasteiger partial charge in [0.05, 0.1) is 16.2 Å². The van der Waals surface area contributed by atoms with Gasteiger partial charge in [0.25, 0.3) is 0 Å². The summed E-state index contributed by atoms with van der Waals surface area (Å²) >= 11 is 0. The number of nitro groups is 1. The van der Waals surface area contributed by atoms with Gasteiger partial charge in [-0.15, -0.1) is 0 Å². The monoisotopic (exact) mass is 395 g/mol. The number of rotatable bonds is 5. The molecule has 1 aromatic heterocycles. The van der Waals surface area contributed by atoms with E-state index in [1.807, 2.05) is 11.8 Å². The summed E-state index contributed by atoms with van der Waals surface area (Å²) in [7, 11) is 0. The summed E-state index contributed by atoms with van der Waals surface area (Å²) in [5.74, 6) is -0.120. The zero-order valence-electron chi connectivity index (χ0n) is 15.2. The molecule has 3 rings (SSSR count). The lowest BCUT2D eigenvalue weighted by Crippen LogP contribution is -2.40. The van der Waals surface area contributed by atoms with Gasteiger partial charge < -0.3 is 10.2 Å². The molecular formula is C18H20F3N5O2. The number of anilines is 3. The van der Waals surface area contributed by atoms with Crippen molar-refractivity contribution in [2.45, 2.75) is 44.8 Å². The fourth-order valence-corrected chi connectivity index (χ4v) is 3.51. The van der Waals surface area contributed by atoms with Gasteiger partial charge in [-0.1, -0.05) is 19.1 Å². The van der Waals surface area contributed by atoms with Crippen LogP contribution < -0.4 is 10.2 Å². The van der Waals surface area contributed by atoms with Crippen molar-refractivity contribution in [2.75, 3.05) is 16.8 Å². The summed E-state index contributed by atoms with van der Waals surface area (Å²) in [4.78, 5) is 21.0. The predicted octanol–water partition coefficient (Wildman–Crippen LogP) is 4.92. The smallest absolute Gasteiger partial charge is 0.348 e. The first kappa shape index (κ1) is 19.8.